The van der Waals surface area contributed by atoms with Crippen LogP contribution in [0.1, 0.15) is 46.0 Å². The number of hydrogen-bond acceptors (Lipinski definition) is 2. The SMILES string of the molecule is CC1CN(CC2CCCCC2)CC(C)N1.Cl. The molecule has 0 aromatic rings. The van der Waals surface area contributed by atoms with Crippen LogP contribution in [0.25, 0.3) is 0 Å². The van der Waals surface area contributed by atoms with Gasteiger partial charge in [0.2, 0.25) is 0 Å². The molecule has 2 rings (SSSR count). The standard InChI is InChI=1S/C13H26N2.ClH/c1-11-8-15(9-12(2)14-11)10-13-6-4-3-5-7-13;/h11-14H,3-10H2,1-2H3;1H. The molecule has 1 saturated carbocycles. The van der Waals surface area contributed by atoms with E-state index in [0.29, 0.717) is 12.1 Å². The summed E-state index contributed by atoms with van der Waals surface area (Å²) in [4.78, 5) is 2.68. The zero-order valence-electron chi connectivity index (χ0n) is 10.7. The van der Waals surface area contributed by atoms with Gasteiger partial charge in [-0.25, -0.2) is 0 Å². The topological polar surface area (TPSA) is 15.3 Å². The molecule has 1 aliphatic carbocycles. The quantitative estimate of drug-likeness (QED) is 0.806. The Morgan fingerprint density at radius 1 is 1.00 bits per heavy atom. The molecule has 0 amide bonds. The third kappa shape index (κ3) is 4.23. The number of rotatable bonds is 2. The fraction of sp³-hybridized carbons (Fsp3) is 1.00. The van der Waals surface area contributed by atoms with Crippen LogP contribution >= 0.6 is 12.4 Å². The predicted molar refractivity (Wildman–Crippen MR) is 72.3 cm³/mol. The highest BCUT2D eigenvalue weighted by Crippen LogP contribution is 2.24. The van der Waals surface area contributed by atoms with Crippen LogP contribution in [0.4, 0.5) is 0 Å². The molecule has 2 aliphatic rings. The van der Waals surface area contributed by atoms with Crippen molar-refractivity contribution in [2.75, 3.05) is 19.6 Å². The van der Waals surface area contributed by atoms with Gasteiger partial charge < -0.3 is 5.32 Å². The fourth-order valence-electron chi connectivity index (χ4n) is 3.32. The van der Waals surface area contributed by atoms with E-state index in [-0.39, 0.29) is 12.4 Å². The molecule has 0 radical (unpaired) electrons. The lowest BCUT2D eigenvalue weighted by molar-refractivity contribution is 0.137. The Kier molecular flexibility index (Phi) is 6.09. The Morgan fingerprint density at radius 2 is 1.56 bits per heavy atom. The van der Waals surface area contributed by atoms with Crippen LogP contribution in [0.2, 0.25) is 0 Å². The number of hydrogen-bond donors (Lipinski definition) is 1. The molecule has 1 N–H and O–H groups in total. The first-order valence-electron chi connectivity index (χ1n) is 6.72. The molecule has 2 nitrogen and oxygen atoms in total. The second kappa shape index (κ2) is 6.83. The molecule has 1 saturated heterocycles. The fourth-order valence-corrected chi connectivity index (χ4v) is 3.32. The van der Waals surface area contributed by atoms with E-state index in [4.69, 9.17) is 0 Å². The maximum atomic E-state index is 3.60. The van der Waals surface area contributed by atoms with Gasteiger partial charge >= 0.3 is 0 Å². The van der Waals surface area contributed by atoms with Gasteiger partial charge in [0.25, 0.3) is 0 Å². The van der Waals surface area contributed by atoms with Gasteiger partial charge in [-0.1, -0.05) is 19.3 Å². The van der Waals surface area contributed by atoms with E-state index >= 15 is 0 Å². The van der Waals surface area contributed by atoms with Crippen LogP contribution in [-0.2, 0) is 0 Å². The number of nitrogens with one attached hydrogen (secondary N) is 1. The summed E-state index contributed by atoms with van der Waals surface area (Å²) in [5.74, 6) is 0.997. The first-order valence-corrected chi connectivity index (χ1v) is 6.72. The average Bonchev–Trinajstić information content (AvgIpc) is 2.17. The van der Waals surface area contributed by atoms with E-state index in [1.807, 2.05) is 0 Å². The minimum atomic E-state index is 0. The molecular formula is C13H27ClN2. The van der Waals surface area contributed by atoms with Gasteiger partial charge in [0.05, 0.1) is 0 Å². The Morgan fingerprint density at radius 3 is 2.12 bits per heavy atom. The Labute approximate surface area is 107 Å². The van der Waals surface area contributed by atoms with E-state index in [9.17, 15) is 0 Å². The summed E-state index contributed by atoms with van der Waals surface area (Å²) < 4.78 is 0. The predicted octanol–water partition coefficient (Wildman–Crippen LogP) is 2.67. The molecule has 1 heterocycles. The van der Waals surface area contributed by atoms with Crippen molar-refractivity contribution >= 4 is 12.4 Å². The van der Waals surface area contributed by atoms with Gasteiger partial charge in [0, 0.05) is 31.7 Å². The number of halogens is 1. The maximum Gasteiger partial charge on any atom is 0.0169 e. The molecular weight excluding hydrogens is 220 g/mol. The van der Waals surface area contributed by atoms with Gasteiger partial charge in [-0.15, -0.1) is 12.4 Å². The van der Waals surface area contributed by atoms with Crippen molar-refractivity contribution in [3.63, 3.8) is 0 Å². The molecule has 96 valence electrons. The van der Waals surface area contributed by atoms with Gasteiger partial charge in [-0.2, -0.15) is 0 Å². The molecule has 0 aromatic heterocycles. The Bertz CT molecular complexity index is 182. The highest BCUT2D eigenvalue weighted by Gasteiger charge is 2.23. The third-order valence-corrected chi connectivity index (χ3v) is 3.87. The molecule has 0 bridgehead atoms. The zero-order chi connectivity index (χ0) is 10.7. The second-order valence-electron chi connectivity index (χ2n) is 5.69. The average molecular weight is 247 g/mol. The summed E-state index contributed by atoms with van der Waals surface area (Å²) in [6, 6.07) is 1.36. The van der Waals surface area contributed by atoms with Crippen molar-refractivity contribution < 1.29 is 0 Å². The second-order valence-corrected chi connectivity index (χ2v) is 5.69. The number of piperazine rings is 1. The van der Waals surface area contributed by atoms with Crippen molar-refractivity contribution in [3.8, 4) is 0 Å². The van der Waals surface area contributed by atoms with Crippen LogP contribution in [0.3, 0.4) is 0 Å². The van der Waals surface area contributed by atoms with Crippen molar-refractivity contribution in [2.45, 2.75) is 58.0 Å². The van der Waals surface area contributed by atoms with E-state index in [1.165, 1.54) is 51.7 Å². The molecule has 16 heavy (non-hydrogen) atoms. The summed E-state index contributed by atoms with van der Waals surface area (Å²) in [6.45, 7) is 8.48. The van der Waals surface area contributed by atoms with E-state index in [0.717, 1.165) is 5.92 Å². The van der Waals surface area contributed by atoms with Gasteiger partial charge in [-0.3, -0.25) is 4.90 Å². The summed E-state index contributed by atoms with van der Waals surface area (Å²) >= 11 is 0. The highest BCUT2D eigenvalue weighted by molar-refractivity contribution is 5.85. The first kappa shape index (κ1) is 14.3. The van der Waals surface area contributed by atoms with Crippen molar-refractivity contribution in [1.82, 2.24) is 10.2 Å². The van der Waals surface area contributed by atoms with Crippen LogP contribution in [0, 0.1) is 5.92 Å². The third-order valence-electron chi connectivity index (χ3n) is 3.87. The molecule has 2 unspecified atom stereocenters. The van der Waals surface area contributed by atoms with Gasteiger partial charge in [0.15, 0.2) is 0 Å². The minimum Gasteiger partial charge on any atom is -0.309 e. The molecule has 0 spiro atoms. The van der Waals surface area contributed by atoms with Crippen LogP contribution in [-0.4, -0.2) is 36.6 Å². The van der Waals surface area contributed by atoms with Gasteiger partial charge in [0.1, 0.15) is 0 Å². The van der Waals surface area contributed by atoms with Crippen LogP contribution < -0.4 is 5.32 Å². The van der Waals surface area contributed by atoms with Gasteiger partial charge in [-0.05, 0) is 32.6 Å². The summed E-state index contributed by atoms with van der Waals surface area (Å²) in [6.07, 6.45) is 7.38. The van der Waals surface area contributed by atoms with Crippen molar-refractivity contribution in [3.05, 3.63) is 0 Å². The summed E-state index contributed by atoms with van der Waals surface area (Å²) in [5, 5.41) is 3.60. The van der Waals surface area contributed by atoms with Crippen LogP contribution in [0.5, 0.6) is 0 Å². The van der Waals surface area contributed by atoms with E-state index in [1.54, 1.807) is 0 Å². The lowest BCUT2D eigenvalue weighted by Gasteiger charge is -2.38. The lowest BCUT2D eigenvalue weighted by atomic mass is 9.88. The molecule has 0 aromatic carbocycles. The first-order chi connectivity index (χ1) is 7.24. The minimum absolute atomic E-state index is 0. The summed E-state index contributed by atoms with van der Waals surface area (Å²) in [5.41, 5.74) is 0. The van der Waals surface area contributed by atoms with Crippen molar-refractivity contribution in [1.29, 1.82) is 0 Å². The van der Waals surface area contributed by atoms with Crippen molar-refractivity contribution in [2.24, 2.45) is 5.92 Å². The normalized spacial score (nSPS) is 33.4. The van der Waals surface area contributed by atoms with E-state index < -0.39 is 0 Å². The van der Waals surface area contributed by atoms with Crippen LogP contribution in [0.15, 0.2) is 0 Å². The summed E-state index contributed by atoms with van der Waals surface area (Å²) in [7, 11) is 0. The molecule has 1 aliphatic heterocycles. The smallest absolute Gasteiger partial charge is 0.0169 e. The molecule has 3 heteroatoms. The molecule has 2 atom stereocenters. The van der Waals surface area contributed by atoms with E-state index in [2.05, 4.69) is 24.1 Å². The Hall–Kier alpha value is 0.210. The lowest BCUT2D eigenvalue weighted by Crippen LogP contribution is -2.55. The molecule has 2 fully saturated rings. The maximum absolute atomic E-state index is 3.60. The highest BCUT2D eigenvalue weighted by atomic mass is 35.5. The largest absolute Gasteiger partial charge is 0.309 e. The zero-order valence-corrected chi connectivity index (χ0v) is 11.6. The number of nitrogens with zero attached hydrogens (tertiary/aromatic N) is 1. The Balaban J connectivity index is 0.00000128. The monoisotopic (exact) mass is 246 g/mol.